The predicted octanol–water partition coefficient (Wildman–Crippen LogP) is 1.78. The van der Waals surface area contributed by atoms with Gasteiger partial charge in [-0.25, -0.2) is 0 Å². The first-order chi connectivity index (χ1) is 9.31. The van der Waals surface area contributed by atoms with E-state index < -0.39 is 0 Å². The molecule has 1 aliphatic rings. The van der Waals surface area contributed by atoms with Crippen molar-refractivity contribution in [2.45, 2.75) is 44.6 Å². The summed E-state index contributed by atoms with van der Waals surface area (Å²) in [6.45, 7) is 1.09. The van der Waals surface area contributed by atoms with E-state index in [9.17, 15) is 4.79 Å². The zero-order chi connectivity index (χ0) is 13.5. The van der Waals surface area contributed by atoms with Crippen LogP contribution in [0.3, 0.4) is 0 Å². The summed E-state index contributed by atoms with van der Waals surface area (Å²) in [6, 6.07) is 6.13. The van der Waals surface area contributed by atoms with E-state index in [1.165, 1.54) is 0 Å². The van der Waals surface area contributed by atoms with Gasteiger partial charge in [-0.2, -0.15) is 0 Å². The Hall–Kier alpha value is -1.42. The third kappa shape index (κ3) is 4.03. The van der Waals surface area contributed by atoms with E-state index in [4.69, 9.17) is 5.11 Å². The van der Waals surface area contributed by atoms with Crippen molar-refractivity contribution in [2.75, 3.05) is 13.2 Å². The maximum Gasteiger partial charge on any atom is 0.223 e. The summed E-state index contributed by atoms with van der Waals surface area (Å²) >= 11 is 0. The standard InChI is InChI=1S/C15H22N2O2/c18-12-4-7-14-6-3-11-17(14)15(19)9-8-13-5-1-2-10-16-13/h1-2,5,10,14,18H,3-4,6-9,11-12H2. The van der Waals surface area contributed by atoms with E-state index in [2.05, 4.69) is 4.98 Å². The number of aryl methyl sites for hydroxylation is 1. The average molecular weight is 262 g/mol. The molecule has 0 aromatic carbocycles. The molecule has 104 valence electrons. The summed E-state index contributed by atoms with van der Waals surface area (Å²) < 4.78 is 0. The molecule has 2 rings (SSSR count). The Morgan fingerprint density at radius 1 is 1.47 bits per heavy atom. The van der Waals surface area contributed by atoms with Gasteiger partial charge in [-0.3, -0.25) is 9.78 Å². The second kappa shape index (κ2) is 7.24. The number of nitrogens with zero attached hydrogens (tertiary/aromatic N) is 2. The Labute approximate surface area is 114 Å². The molecule has 1 amide bonds. The number of hydrogen-bond acceptors (Lipinski definition) is 3. The minimum atomic E-state index is 0.215. The maximum absolute atomic E-state index is 12.2. The molecule has 1 aromatic rings. The molecule has 4 nitrogen and oxygen atoms in total. The van der Waals surface area contributed by atoms with E-state index in [0.717, 1.165) is 37.9 Å². The van der Waals surface area contributed by atoms with Crippen LogP contribution in [0.25, 0.3) is 0 Å². The first kappa shape index (κ1) is 14.0. The molecule has 0 spiro atoms. The summed E-state index contributed by atoms with van der Waals surface area (Å²) in [5.74, 6) is 0.228. The van der Waals surface area contributed by atoms with Gasteiger partial charge in [-0.15, -0.1) is 0 Å². The highest BCUT2D eigenvalue weighted by Gasteiger charge is 2.27. The zero-order valence-corrected chi connectivity index (χ0v) is 11.3. The van der Waals surface area contributed by atoms with Gasteiger partial charge in [0.05, 0.1) is 0 Å². The van der Waals surface area contributed by atoms with Gasteiger partial charge < -0.3 is 10.0 Å². The van der Waals surface area contributed by atoms with Gasteiger partial charge in [0.1, 0.15) is 0 Å². The molecule has 0 radical (unpaired) electrons. The van der Waals surface area contributed by atoms with Crippen LogP contribution < -0.4 is 0 Å². The van der Waals surface area contributed by atoms with Crippen molar-refractivity contribution in [2.24, 2.45) is 0 Å². The lowest BCUT2D eigenvalue weighted by Crippen LogP contribution is -2.35. The van der Waals surface area contributed by atoms with Gasteiger partial charge in [0.25, 0.3) is 0 Å². The van der Waals surface area contributed by atoms with Gasteiger partial charge in [0, 0.05) is 37.5 Å². The van der Waals surface area contributed by atoms with Gasteiger partial charge in [-0.1, -0.05) is 6.07 Å². The summed E-state index contributed by atoms with van der Waals surface area (Å²) in [7, 11) is 0. The molecule has 0 saturated carbocycles. The molecule has 1 aromatic heterocycles. The van der Waals surface area contributed by atoms with Gasteiger partial charge in [0.15, 0.2) is 0 Å². The largest absolute Gasteiger partial charge is 0.396 e. The number of carbonyl (C=O) groups excluding carboxylic acids is 1. The number of carbonyl (C=O) groups is 1. The molecular formula is C15H22N2O2. The van der Waals surface area contributed by atoms with E-state index in [-0.39, 0.29) is 12.5 Å². The second-order valence-corrected chi connectivity index (χ2v) is 5.07. The van der Waals surface area contributed by atoms with Crippen LogP contribution in [0.5, 0.6) is 0 Å². The second-order valence-electron chi connectivity index (χ2n) is 5.07. The summed E-state index contributed by atoms with van der Waals surface area (Å²) in [5, 5.41) is 8.89. The molecule has 1 N–H and O–H groups in total. The van der Waals surface area contributed by atoms with Crippen molar-refractivity contribution in [3.63, 3.8) is 0 Å². The smallest absolute Gasteiger partial charge is 0.223 e. The Morgan fingerprint density at radius 2 is 2.37 bits per heavy atom. The normalized spacial score (nSPS) is 18.8. The topological polar surface area (TPSA) is 53.4 Å². The highest BCUT2D eigenvalue weighted by Crippen LogP contribution is 2.22. The third-order valence-electron chi connectivity index (χ3n) is 3.71. The number of likely N-dealkylation sites (tertiary alicyclic amines) is 1. The number of rotatable bonds is 6. The molecular weight excluding hydrogens is 240 g/mol. The number of aromatic nitrogens is 1. The van der Waals surface area contributed by atoms with Crippen molar-refractivity contribution in [1.29, 1.82) is 0 Å². The third-order valence-corrected chi connectivity index (χ3v) is 3.71. The lowest BCUT2D eigenvalue weighted by Gasteiger charge is -2.24. The number of hydrogen-bond donors (Lipinski definition) is 1. The van der Waals surface area contributed by atoms with Crippen molar-refractivity contribution in [3.8, 4) is 0 Å². The van der Waals surface area contributed by atoms with Crippen LogP contribution >= 0.6 is 0 Å². The summed E-state index contributed by atoms with van der Waals surface area (Å²) in [5.41, 5.74) is 0.974. The van der Waals surface area contributed by atoms with Crippen LogP contribution in [-0.2, 0) is 11.2 Å². The minimum absolute atomic E-state index is 0.215. The highest BCUT2D eigenvalue weighted by molar-refractivity contribution is 5.77. The van der Waals surface area contributed by atoms with Gasteiger partial charge in [-0.05, 0) is 44.2 Å². The van der Waals surface area contributed by atoms with Crippen molar-refractivity contribution >= 4 is 5.91 Å². The molecule has 1 saturated heterocycles. The summed E-state index contributed by atoms with van der Waals surface area (Å²) in [6.07, 6.45) is 6.89. The van der Waals surface area contributed by atoms with Crippen molar-refractivity contribution in [3.05, 3.63) is 30.1 Å². The number of pyridine rings is 1. The first-order valence-electron chi connectivity index (χ1n) is 7.11. The molecule has 1 atom stereocenters. The molecule has 1 unspecified atom stereocenters. The molecule has 1 fully saturated rings. The van der Waals surface area contributed by atoms with Crippen LogP contribution in [-0.4, -0.2) is 40.1 Å². The Morgan fingerprint density at radius 3 is 3.11 bits per heavy atom. The predicted molar refractivity (Wildman–Crippen MR) is 73.6 cm³/mol. The van der Waals surface area contributed by atoms with Crippen molar-refractivity contribution in [1.82, 2.24) is 9.88 Å². The van der Waals surface area contributed by atoms with Crippen LogP contribution in [0.15, 0.2) is 24.4 Å². The lowest BCUT2D eigenvalue weighted by molar-refractivity contribution is -0.132. The Kier molecular flexibility index (Phi) is 5.33. The molecule has 2 heterocycles. The fourth-order valence-corrected chi connectivity index (χ4v) is 2.72. The van der Waals surface area contributed by atoms with Crippen LogP contribution in [0, 0.1) is 0 Å². The number of amides is 1. The average Bonchev–Trinajstić information content (AvgIpc) is 2.92. The monoisotopic (exact) mass is 262 g/mol. The molecule has 1 aliphatic heterocycles. The number of aliphatic hydroxyl groups excluding tert-OH is 1. The lowest BCUT2D eigenvalue weighted by atomic mass is 10.1. The van der Waals surface area contributed by atoms with E-state index in [1.807, 2.05) is 23.1 Å². The van der Waals surface area contributed by atoms with Crippen LogP contribution in [0.1, 0.15) is 37.8 Å². The molecule has 0 aliphatic carbocycles. The van der Waals surface area contributed by atoms with E-state index in [1.54, 1.807) is 6.20 Å². The van der Waals surface area contributed by atoms with E-state index in [0.29, 0.717) is 18.9 Å². The minimum Gasteiger partial charge on any atom is -0.396 e. The molecule has 4 heteroatoms. The number of aliphatic hydroxyl groups is 1. The SMILES string of the molecule is O=C(CCc1ccccn1)N1CCCC1CCCO. The molecule has 0 bridgehead atoms. The fraction of sp³-hybridized carbons (Fsp3) is 0.600. The first-order valence-corrected chi connectivity index (χ1v) is 7.11. The Bertz CT molecular complexity index is 394. The van der Waals surface area contributed by atoms with Gasteiger partial charge >= 0.3 is 0 Å². The Balaban J connectivity index is 1.82. The quantitative estimate of drug-likeness (QED) is 0.850. The zero-order valence-electron chi connectivity index (χ0n) is 11.3. The summed E-state index contributed by atoms with van der Waals surface area (Å²) in [4.78, 5) is 18.5. The maximum atomic E-state index is 12.2. The fourth-order valence-electron chi connectivity index (χ4n) is 2.72. The van der Waals surface area contributed by atoms with Crippen molar-refractivity contribution < 1.29 is 9.90 Å². The molecule has 19 heavy (non-hydrogen) atoms. The van der Waals surface area contributed by atoms with E-state index >= 15 is 0 Å². The van der Waals surface area contributed by atoms with Crippen LogP contribution in [0.4, 0.5) is 0 Å². The highest BCUT2D eigenvalue weighted by atomic mass is 16.3. The van der Waals surface area contributed by atoms with Crippen LogP contribution in [0.2, 0.25) is 0 Å². The van der Waals surface area contributed by atoms with Gasteiger partial charge in [0.2, 0.25) is 5.91 Å².